The van der Waals surface area contributed by atoms with E-state index in [1.54, 1.807) is 24.3 Å². The summed E-state index contributed by atoms with van der Waals surface area (Å²) >= 11 is 0. The van der Waals surface area contributed by atoms with Crippen molar-refractivity contribution in [2.45, 2.75) is 65.7 Å². The summed E-state index contributed by atoms with van der Waals surface area (Å²) in [5, 5.41) is 0. The Morgan fingerprint density at radius 3 is 2.13 bits per heavy atom. The van der Waals surface area contributed by atoms with Gasteiger partial charge >= 0.3 is 11.9 Å². The molecular formula is C19H28O4. The lowest BCUT2D eigenvalue weighted by molar-refractivity contribution is -0.139. The number of para-hydroxylation sites is 2. The van der Waals surface area contributed by atoms with Gasteiger partial charge in [0.15, 0.2) is 11.5 Å². The highest BCUT2D eigenvalue weighted by Crippen LogP contribution is 2.27. The molecule has 0 aliphatic carbocycles. The molecule has 0 fully saturated rings. The topological polar surface area (TPSA) is 52.6 Å². The first-order chi connectivity index (χ1) is 11.0. The van der Waals surface area contributed by atoms with Crippen molar-refractivity contribution in [1.82, 2.24) is 0 Å². The van der Waals surface area contributed by atoms with E-state index in [4.69, 9.17) is 9.47 Å². The number of hydrogen-bond acceptors (Lipinski definition) is 4. The number of carbonyl (C=O) groups is 2. The Morgan fingerprint density at radius 2 is 1.52 bits per heavy atom. The molecule has 1 aromatic carbocycles. The normalized spacial score (nSPS) is 11.8. The first kappa shape index (κ1) is 19.2. The van der Waals surface area contributed by atoms with E-state index in [0.717, 1.165) is 19.3 Å². The maximum Gasteiger partial charge on any atom is 0.314 e. The molecule has 0 bridgehead atoms. The molecule has 0 aromatic heterocycles. The van der Waals surface area contributed by atoms with E-state index in [1.165, 1.54) is 32.6 Å². The molecule has 1 aromatic rings. The van der Waals surface area contributed by atoms with Crippen LogP contribution in [0, 0.1) is 5.92 Å². The van der Waals surface area contributed by atoms with Crippen molar-refractivity contribution in [3.05, 3.63) is 24.3 Å². The van der Waals surface area contributed by atoms with Crippen LogP contribution in [0.25, 0.3) is 0 Å². The van der Waals surface area contributed by atoms with Gasteiger partial charge in [-0.15, -0.1) is 0 Å². The quantitative estimate of drug-likeness (QED) is 0.349. The number of unbranched alkanes of at least 4 members (excludes halogenated alkanes) is 5. The molecule has 0 amide bonds. The Morgan fingerprint density at radius 1 is 0.957 bits per heavy atom. The van der Waals surface area contributed by atoms with Crippen molar-refractivity contribution in [3.8, 4) is 11.5 Å². The second-order valence-corrected chi connectivity index (χ2v) is 5.92. The zero-order chi connectivity index (χ0) is 17.1. The van der Waals surface area contributed by atoms with E-state index >= 15 is 0 Å². The zero-order valence-electron chi connectivity index (χ0n) is 14.5. The minimum Gasteiger partial charge on any atom is -0.423 e. The van der Waals surface area contributed by atoms with Crippen LogP contribution in [0.3, 0.4) is 0 Å². The van der Waals surface area contributed by atoms with Crippen LogP contribution in [0.4, 0.5) is 0 Å². The Bertz CT molecular complexity index is 496. The van der Waals surface area contributed by atoms with E-state index in [0.29, 0.717) is 5.75 Å². The molecule has 0 saturated heterocycles. The summed E-state index contributed by atoms with van der Waals surface area (Å²) in [6.07, 6.45) is 8.03. The molecule has 4 heteroatoms. The molecule has 0 aliphatic rings. The van der Waals surface area contributed by atoms with Crippen LogP contribution >= 0.6 is 0 Å². The van der Waals surface area contributed by atoms with Gasteiger partial charge < -0.3 is 9.47 Å². The number of esters is 2. The minimum absolute atomic E-state index is 0.161. The van der Waals surface area contributed by atoms with E-state index in [-0.39, 0.29) is 17.6 Å². The lowest BCUT2D eigenvalue weighted by atomic mass is 10.0. The van der Waals surface area contributed by atoms with Gasteiger partial charge in [-0.25, -0.2) is 0 Å². The van der Waals surface area contributed by atoms with Crippen molar-refractivity contribution in [1.29, 1.82) is 0 Å². The molecule has 0 heterocycles. The number of rotatable bonds is 10. The van der Waals surface area contributed by atoms with Crippen molar-refractivity contribution >= 4 is 11.9 Å². The lowest BCUT2D eigenvalue weighted by Gasteiger charge is -2.13. The van der Waals surface area contributed by atoms with Gasteiger partial charge in [0.2, 0.25) is 0 Å². The van der Waals surface area contributed by atoms with Crippen molar-refractivity contribution < 1.29 is 19.1 Å². The molecule has 23 heavy (non-hydrogen) atoms. The third-order valence-corrected chi connectivity index (χ3v) is 3.71. The summed E-state index contributed by atoms with van der Waals surface area (Å²) in [6.45, 7) is 5.40. The van der Waals surface area contributed by atoms with Gasteiger partial charge in [-0.2, -0.15) is 0 Å². The van der Waals surface area contributed by atoms with Crippen LogP contribution in [-0.2, 0) is 9.59 Å². The summed E-state index contributed by atoms with van der Waals surface area (Å²) in [7, 11) is 0. The maximum atomic E-state index is 12.2. The average molecular weight is 320 g/mol. The van der Waals surface area contributed by atoms with E-state index in [9.17, 15) is 9.59 Å². The standard InChI is InChI=1S/C19H28O4/c1-4-5-6-7-8-9-12-15(2)19(21)23-18-14-11-10-13-17(18)22-16(3)20/h10-11,13-15H,4-9,12H2,1-3H3. The summed E-state index contributed by atoms with van der Waals surface area (Å²) in [6, 6.07) is 6.72. The van der Waals surface area contributed by atoms with Crippen LogP contribution in [0.5, 0.6) is 11.5 Å². The van der Waals surface area contributed by atoms with Gasteiger partial charge in [-0.3, -0.25) is 9.59 Å². The molecule has 0 saturated carbocycles. The fraction of sp³-hybridized carbons (Fsp3) is 0.579. The molecule has 1 unspecified atom stereocenters. The Hall–Kier alpha value is -1.84. The van der Waals surface area contributed by atoms with Gasteiger partial charge in [0.25, 0.3) is 0 Å². The molecule has 0 radical (unpaired) electrons. The Labute approximate surface area is 139 Å². The molecular weight excluding hydrogens is 292 g/mol. The number of carbonyl (C=O) groups excluding carboxylic acids is 2. The predicted molar refractivity (Wildman–Crippen MR) is 90.5 cm³/mol. The van der Waals surface area contributed by atoms with Crippen LogP contribution in [0.1, 0.15) is 65.7 Å². The van der Waals surface area contributed by atoms with E-state index < -0.39 is 5.97 Å². The minimum atomic E-state index is -0.436. The molecule has 4 nitrogen and oxygen atoms in total. The highest BCUT2D eigenvalue weighted by atomic mass is 16.6. The van der Waals surface area contributed by atoms with E-state index in [2.05, 4.69) is 6.92 Å². The van der Waals surface area contributed by atoms with Gasteiger partial charge in [0.1, 0.15) is 0 Å². The Kier molecular flexibility index (Phi) is 9.03. The van der Waals surface area contributed by atoms with Gasteiger partial charge in [-0.05, 0) is 18.6 Å². The zero-order valence-corrected chi connectivity index (χ0v) is 14.5. The smallest absolute Gasteiger partial charge is 0.314 e. The monoisotopic (exact) mass is 320 g/mol. The molecule has 0 aliphatic heterocycles. The molecule has 128 valence electrons. The second kappa shape index (κ2) is 10.8. The van der Waals surface area contributed by atoms with Crippen LogP contribution < -0.4 is 9.47 Å². The number of hydrogen-bond donors (Lipinski definition) is 0. The molecule has 1 atom stereocenters. The molecule has 1 rings (SSSR count). The Balaban J connectivity index is 2.41. The number of benzene rings is 1. The third kappa shape index (κ3) is 7.82. The average Bonchev–Trinajstić information content (AvgIpc) is 2.51. The summed E-state index contributed by atoms with van der Waals surface area (Å²) < 4.78 is 10.4. The third-order valence-electron chi connectivity index (χ3n) is 3.71. The van der Waals surface area contributed by atoms with Gasteiger partial charge in [-0.1, -0.05) is 64.5 Å². The fourth-order valence-electron chi connectivity index (χ4n) is 2.33. The van der Waals surface area contributed by atoms with Crippen molar-refractivity contribution in [2.24, 2.45) is 5.92 Å². The number of ether oxygens (including phenoxy) is 2. The van der Waals surface area contributed by atoms with E-state index in [1.807, 2.05) is 6.92 Å². The summed E-state index contributed by atoms with van der Waals surface area (Å²) in [5.74, 6) is -0.305. The van der Waals surface area contributed by atoms with Crippen LogP contribution in [0.2, 0.25) is 0 Å². The van der Waals surface area contributed by atoms with Gasteiger partial charge in [0.05, 0.1) is 5.92 Å². The highest BCUT2D eigenvalue weighted by molar-refractivity contribution is 5.76. The molecule has 0 N–H and O–H groups in total. The first-order valence-corrected chi connectivity index (χ1v) is 8.53. The van der Waals surface area contributed by atoms with Crippen molar-refractivity contribution in [3.63, 3.8) is 0 Å². The van der Waals surface area contributed by atoms with Gasteiger partial charge in [0, 0.05) is 6.92 Å². The summed E-state index contributed by atoms with van der Waals surface area (Å²) in [4.78, 5) is 23.2. The fourth-order valence-corrected chi connectivity index (χ4v) is 2.33. The van der Waals surface area contributed by atoms with Crippen LogP contribution in [-0.4, -0.2) is 11.9 Å². The SMILES string of the molecule is CCCCCCCCC(C)C(=O)Oc1ccccc1OC(C)=O. The largest absolute Gasteiger partial charge is 0.423 e. The maximum absolute atomic E-state index is 12.2. The second-order valence-electron chi connectivity index (χ2n) is 5.92. The highest BCUT2D eigenvalue weighted by Gasteiger charge is 2.17. The predicted octanol–water partition coefficient (Wildman–Crippen LogP) is 4.90. The molecule has 0 spiro atoms. The van der Waals surface area contributed by atoms with Crippen molar-refractivity contribution in [2.75, 3.05) is 0 Å². The first-order valence-electron chi connectivity index (χ1n) is 8.53. The summed E-state index contributed by atoms with van der Waals surface area (Å²) in [5.41, 5.74) is 0. The lowest BCUT2D eigenvalue weighted by Crippen LogP contribution is -2.18. The van der Waals surface area contributed by atoms with Crippen LogP contribution in [0.15, 0.2) is 24.3 Å².